The van der Waals surface area contributed by atoms with E-state index in [4.69, 9.17) is 0 Å². The zero-order chi connectivity index (χ0) is 14.8. The number of rotatable bonds is 5. The molecule has 0 saturated heterocycles. The maximum Gasteiger partial charge on any atom is 0.228 e. The molecule has 2 heterocycles. The number of thiophene rings is 1. The molecule has 3 rings (SSSR count). The number of nitrogens with one attached hydrogen (secondary N) is 2. The Kier molecular flexibility index (Phi) is 4.08. The number of anilines is 1. The van der Waals surface area contributed by atoms with E-state index in [9.17, 15) is 4.79 Å². The minimum atomic E-state index is 0.0894. The molecular weight excluding hydrogens is 280 g/mol. The summed E-state index contributed by atoms with van der Waals surface area (Å²) < 4.78 is 0. The fraction of sp³-hybridized carbons (Fsp3) is 0.353. The minimum Gasteiger partial charge on any atom is -0.326 e. The molecule has 110 valence electrons. The Bertz CT molecular complexity index is 663. The van der Waals surface area contributed by atoms with Crippen molar-refractivity contribution >= 4 is 22.9 Å². The lowest BCUT2D eigenvalue weighted by molar-refractivity contribution is -0.115. The Hall–Kier alpha value is -1.65. The molecule has 4 heteroatoms. The SMILES string of the molecule is CCNC(c1ccc2c(c1)CC(=O)N2)c1ccc(CC)s1. The monoisotopic (exact) mass is 300 g/mol. The predicted molar refractivity (Wildman–Crippen MR) is 88.0 cm³/mol. The number of carbonyl (C=O) groups excluding carboxylic acids is 1. The molecule has 2 N–H and O–H groups in total. The molecule has 1 aliphatic rings. The largest absolute Gasteiger partial charge is 0.326 e. The molecule has 1 aliphatic heterocycles. The van der Waals surface area contributed by atoms with Gasteiger partial charge in [-0.3, -0.25) is 4.79 Å². The van der Waals surface area contributed by atoms with Gasteiger partial charge in [0.25, 0.3) is 0 Å². The molecule has 21 heavy (non-hydrogen) atoms. The normalized spacial score (nSPS) is 14.9. The third kappa shape index (κ3) is 2.87. The van der Waals surface area contributed by atoms with Crippen LogP contribution >= 0.6 is 11.3 Å². The Morgan fingerprint density at radius 1 is 1.29 bits per heavy atom. The molecule has 0 aliphatic carbocycles. The van der Waals surface area contributed by atoms with E-state index in [1.54, 1.807) is 0 Å². The van der Waals surface area contributed by atoms with Crippen LogP contribution in [0.5, 0.6) is 0 Å². The van der Waals surface area contributed by atoms with E-state index in [-0.39, 0.29) is 11.9 Å². The smallest absolute Gasteiger partial charge is 0.228 e. The highest BCUT2D eigenvalue weighted by atomic mass is 32.1. The molecule has 3 nitrogen and oxygen atoms in total. The molecule has 0 bridgehead atoms. The topological polar surface area (TPSA) is 41.1 Å². The summed E-state index contributed by atoms with van der Waals surface area (Å²) in [5, 5.41) is 6.45. The van der Waals surface area contributed by atoms with Gasteiger partial charge in [-0.05, 0) is 42.3 Å². The summed E-state index contributed by atoms with van der Waals surface area (Å²) in [7, 11) is 0. The van der Waals surface area contributed by atoms with Gasteiger partial charge in [0, 0.05) is 15.4 Å². The van der Waals surface area contributed by atoms with E-state index in [2.05, 4.69) is 48.7 Å². The van der Waals surface area contributed by atoms with Crippen LogP contribution in [-0.4, -0.2) is 12.5 Å². The zero-order valence-corrected chi connectivity index (χ0v) is 13.2. The molecule has 1 aromatic heterocycles. The van der Waals surface area contributed by atoms with Crippen molar-refractivity contribution < 1.29 is 4.79 Å². The molecule has 1 atom stereocenters. The maximum absolute atomic E-state index is 11.5. The molecule has 0 fully saturated rings. The predicted octanol–water partition coefficient (Wildman–Crippen LogP) is 3.50. The minimum absolute atomic E-state index is 0.0894. The van der Waals surface area contributed by atoms with E-state index in [0.29, 0.717) is 6.42 Å². The molecule has 0 spiro atoms. The lowest BCUT2D eigenvalue weighted by Crippen LogP contribution is -2.21. The second-order valence-corrected chi connectivity index (χ2v) is 6.49. The Morgan fingerprint density at radius 3 is 2.86 bits per heavy atom. The lowest BCUT2D eigenvalue weighted by Gasteiger charge is -2.18. The number of hydrogen-bond acceptors (Lipinski definition) is 3. The van der Waals surface area contributed by atoms with Gasteiger partial charge in [0.2, 0.25) is 5.91 Å². The third-order valence-corrected chi connectivity index (χ3v) is 5.11. The highest BCUT2D eigenvalue weighted by Gasteiger charge is 2.21. The van der Waals surface area contributed by atoms with Crippen LogP contribution in [0, 0.1) is 0 Å². The van der Waals surface area contributed by atoms with Crippen LogP contribution < -0.4 is 10.6 Å². The summed E-state index contributed by atoms with van der Waals surface area (Å²) in [6.07, 6.45) is 1.57. The Balaban J connectivity index is 1.94. The quantitative estimate of drug-likeness (QED) is 0.887. The molecule has 1 unspecified atom stereocenters. The summed E-state index contributed by atoms with van der Waals surface area (Å²) in [5.41, 5.74) is 3.30. The van der Waals surface area contributed by atoms with Crippen LogP contribution in [0.3, 0.4) is 0 Å². The van der Waals surface area contributed by atoms with Crippen LogP contribution in [0.1, 0.15) is 40.8 Å². The van der Waals surface area contributed by atoms with Gasteiger partial charge < -0.3 is 10.6 Å². The average molecular weight is 300 g/mol. The fourth-order valence-corrected chi connectivity index (χ4v) is 3.81. The number of carbonyl (C=O) groups is 1. The summed E-state index contributed by atoms with van der Waals surface area (Å²) >= 11 is 1.86. The number of fused-ring (bicyclic) bond motifs is 1. The van der Waals surface area contributed by atoms with Crippen molar-refractivity contribution in [1.29, 1.82) is 0 Å². The number of aryl methyl sites for hydroxylation is 1. The van der Waals surface area contributed by atoms with Gasteiger partial charge in [-0.25, -0.2) is 0 Å². The second kappa shape index (κ2) is 6.00. The van der Waals surface area contributed by atoms with Gasteiger partial charge in [0.1, 0.15) is 0 Å². The van der Waals surface area contributed by atoms with E-state index in [0.717, 1.165) is 24.2 Å². The highest BCUT2D eigenvalue weighted by molar-refractivity contribution is 7.12. The molecule has 1 amide bonds. The van der Waals surface area contributed by atoms with Gasteiger partial charge in [0.05, 0.1) is 12.5 Å². The van der Waals surface area contributed by atoms with Crippen LogP contribution in [0.15, 0.2) is 30.3 Å². The number of hydrogen-bond donors (Lipinski definition) is 2. The first-order valence-corrected chi connectivity index (χ1v) is 8.27. The van der Waals surface area contributed by atoms with E-state index < -0.39 is 0 Å². The first-order chi connectivity index (χ1) is 10.2. The van der Waals surface area contributed by atoms with Crippen LogP contribution in [0.25, 0.3) is 0 Å². The van der Waals surface area contributed by atoms with Crippen molar-refractivity contribution in [3.63, 3.8) is 0 Å². The second-order valence-electron chi connectivity index (χ2n) is 5.29. The molecule has 0 radical (unpaired) electrons. The van der Waals surface area contributed by atoms with Crippen molar-refractivity contribution in [2.45, 2.75) is 32.7 Å². The summed E-state index contributed by atoms with van der Waals surface area (Å²) in [5.74, 6) is 0.0894. The highest BCUT2D eigenvalue weighted by Crippen LogP contribution is 2.32. The van der Waals surface area contributed by atoms with Crippen LogP contribution in [0.2, 0.25) is 0 Å². The number of benzene rings is 1. The molecular formula is C17H20N2OS. The molecule has 1 aromatic carbocycles. The van der Waals surface area contributed by atoms with Crippen LogP contribution in [0.4, 0.5) is 5.69 Å². The van der Waals surface area contributed by atoms with E-state index in [1.165, 1.54) is 15.3 Å². The van der Waals surface area contributed by atoms with Gasteiger partial charge in [-0.1, -0.05) is 26.0 Å². The summed E-state index contributed by atoms with van der Waals surface area (Å²) in [6, 6.07) is 10.9. The van der Waals surface area contributed by atoms with E-state index in [1.807, 2.05) is 17.4 Å². The van der Waals surface area contributed by atoms with Gasteiger partial charge in [0.15, 0.2) is 0 Å². The van der Waals surface area contributed by atoms with Crippen molar-refractivity contribution in [2.75, 3.05) is 11.9 Å². The summed E-state index contributed by atoms with van der Waals surface area (Å²) in [6.45, 7) is 5.22. The Labute approximate surface area is 129 Å². The third-order valence-electron chi connectivity index (χ3n) is 3.81. The first kappa shape index (κ1) is 14.3. The van der Waals surface area contributed by atoms with E-state index >= 15 is 0 Å². The zero-order valence-electron chi connectivity index (χ0n) is 12.4. The van der Waals surface area contributed by atoms with Crippen molar-refractivity contribution in [3.05, 3.63) is 51.2 Å². The van der Waals surface area contributed by atoms with Gasteiger partial charge in [-0.15, -0.1) is 11.3 Å². The van der Waals surface area contributed by atoms with Crippen LogP contribution in [-0.2, 0) is 17.6 Å². The lowest BCUT2D eigenvalue weighted by atomic mass is 10.0. The Morgan fingerprint density at radius 2 is 2.14 bits per heavy atom. The van der Waals surface area contributed by atoms with Crippen molar-refractivity contribution in [2.24, 2.45) is 0 Å². The maximum atomic E-state index is 11.5. The first-order valence-electron chi connectivity index (χ1n) is 7.46. The number of amides is 1. The average Bonchev–Trinajstić information content (AvgIpc) is 3.09. The standard InChI is InChI=1S/C17H20N2OS/c1-3-13-6-8-15(21-13)17(18-4-2)11-5-7-14-12(9-11)10-16(20)19-14/h5-9,17-18H,3-4,10H2,1-2H3,(H,19,20). The molecule has 2 aromatic rings. The van der Waals surface area contributed by atoms with Gasteiger partial charge >= 0.3 is 0 Å². The van der Waals surface area contributed by atoms with Crippen molar-refractivity contribution in [3.8, 4) is 0 Å². The van der Waals surface area contributed by atoms with Crippen molar-refractivity contribution in [1.82, 2.24) is 5.32 Å². The van der Waals surface area contributed by atoms with Gasteiger partial charge in [-0.2, -0.15) is 0 Å². The summed E-state index contributed by atoms with van der Waals surface area (Å²) in [4.78, 5) is 14.2. The fourth-order valence-electron chi connectivity index (χ4n) is 2.76. The molecule has 0 saturated carbocycles.